The molecule has 4 rings (SSSR count). The Labute approximate surface area is 183 Å². The number of nitrogens with one attached hydrogen (secondary N) is 1. The quantitative estimate of drug-likeness (QED) is 0.551. The number of carbonyl (C=O) groups excluding carboxylic acids is 2. The van der Waals surface area contributed by atoms with E-state index in [1.807, 2.05) is 29.0 Å². The summed E-state index contributed by atoms with van der Waals surface area (Å²) < 4.78 is 5.48. The fourth-order valence-electron chi connectivity index (χ4n) is 3.61. The van der Waals surface area contributed by atoms with Crippen LogP contribution in [0.3, 0.4) is 0 Å². The van der Waals surface area contributed by atoms with E-state index in [-0.39, 0.29) is 17.9 Å². The van der Waals surface area contributed by atoms with Crippen molar-refractivity contribution in [2.75, 3.05) is 25.0 Å². The van der Waals surface area contributed by atoms with Crippen LogP contribution in [0.1, 0.15) is 28.0 Å². The molecule has 1 aliphatic carbocycles. The van der Waals surface area contributed by atoms with Crippen molar-refractivity contribution in [3.63, 3.8) is 0 Å². The second kappa shape index (κ2) is 9.28. The molecule has 0 radical (unpaired) electrons. The Kier molecular flexibility index (Phi) is 6.31. The van der Waals surface area contributed by atoms with Crippen LogP contribution in [0.25, 0.3) is 6.08 Å². The van der Waals surface area contributed by atoms with Gasteiger partial charge in [-0.3, -0.25) is 4.79 Å². The summed E-state index contributed by atoms with van der Waals surface area (Å²) in [5, 5.41) is 17.0. The molecule has 30 heavy (non-hydrogen) atoms. The molecule has 2 amide bonds. The van der Waals surface area contributed by atoms with E-state index in [2.05, 4.69) is 11.4 Å². The van der Waals surface area contributed by atoms with Crippen molar-refractivity contribution in [2.45, 2.75) is 19.3 Å². The topological polar surface area (TPSA) is 82.4 Å². The van der Waals surface area contributed by atoms with Crippen LogP contribution in [0.2, 0.25) is 0 Å². The average Bonchev–Trinajstić information content (AvgIpc) is 3.51. The number of hydrogen-bond donors (Lipinski definition) is 1. The van der Waals surface area contributed by atoms with Crippen LogP contribution >= 0.6 is 22.7 Å². The van der Waals surface area contributed by atoms with Crippen LogP contribution in [-0.2, 0) is 22.4 Å². The summed E-state index contributed by atoms with van der Waals surface area (Å²) in [7, 11) is 0. The van der Waals surface area contributed by atoms with E-state index in [1.54, 1.807) is 22.3 Å². The summed E-state index contributed by atoms with van der Waals surface area (Å²) in [6.07, 6.45) is 9.23. The Morgan fingerprint density at radius 2 is 2.20 bits per heavy atom. The fraction of sp³-hybridized carbons (Fsp3) is 0.318. The van der Waals surface area contributed by atoms with Gasteiger partial charge in [0, 0.05) is 24.0 Å². The van der Waals surface area contributed by atoms with E-state index in [0.717, 1.165) is 35.3 Å². The van der Waals surface area contributed by atoms with Gasteiger partial charge in [0.2, 0.25) is 5.91 Å². The highest BCUT2D eigenvalue weighted by molar-refractivity contribution is 7.16. The van der Waals surface area contributed by atoms with E-state index in [1.165, 1.54) is 17.4 Å². The first kappa shape index (κ1) is 20.4. The summed E-state index contributed by atoms with van der Waals surface area (Å²) in [5.41, 5.74) is 2.56. The summed E-state index contributed by atoms with van der Waals surface area (Å²) in [4.78, 5) is 27.1. The zero-order valence-corrected chi connectivity index (χ0v) is 17.9. The van der Waals surface area contributed by atoms with Crippen molar-refractivity contribution in [2.24, 2.45) is 5.92 Å². The SMILES string of the molecule is N#Cc1c(NC(=O)/C=C/c2ccsc2)sc2c1CCC(COC(=O)N1CC=CC1)C2. The third-order valence-electron chi connectivity index (χ3n) is 5.21. The second-order valence-corrected chi connectivity index (χ2v) is 9.15. The highest BCUT2D eigenvalue weighted by Crippen LogP contribution is 2.39. The number of thiophene rings is 2. The third kappa shape index (κ3) is 4.64. The van der Waals surface area contributed by atoms with Gasteiger partial charge in [-0.05, 0) is 59.2 Å². The van der Waals surface area contributed by atoms with Crippen molar-refractivity contribution in [1.29, 1.82) is 5.26 Å². The predicted octanol–water partition coefficient (Wildman–Crippen LogP) is 4.45. The minimum atomic E-state index is -0.278. The van der Waals surface area contributed by atoms with E-state index in [0.29, 0.717) is 30.3 Å². The largest absolute Gasteiger partial charge is 0.449 e. The molecule has 1 aliphatic heterocycles. The van der Waals surface area contributed by atoms with Gasteiger partial charge in [0.15, 0.2) is 0 Å². The van der Waals surface area contributed by atoms with Crippen LogP contribution in [-0.4, -0.2) is 36.6 Å². The molecule has 1 unspecified atom stereocenters. The molecule has 2 aromatic rings. The molecule has 8 heteroatoms. The molecular weight excluding hydrogens is 418 g/mol. The zero-order chi connectivity index (χ0) is 20.9. The summed E-state index contributed by atoms with van der Waals surface area (Å²) in [6.45, 7) is 1.58. The lowest BCUT2D eigenvalue weighted by atomic mass is 9.88. The lowest BCUT2D eigenvalue weighted by Crippen LogP contribution is -2.31. The van der Waals surface area contributed by atoms with Gasteiger partial charge in [-0.25, -0.2) is 4.79 Å². The molecule has 154 valence electrons. The zero-order valence-electron chi connectivity index (χ0n) is 16.3. The summed E-state index contributed by atoms with van der Waals surface area (Å²) >= 11 is 3.03. The molecule has 0 saturated carbocycles. The minimum absolute atomic E-state index is 0.226. The molecule has 1 atom stereocenters. The molecule has 1 N–H and O–H groups in total. The highest BCUT2D eigenvalue weighted by atomic mass is 32.1. The number of anilines is 1. The van der Waals surface area contributed by atoms with Gasteiger partial charge in [-0.1, -0.05) is 12.2 Å². The van der Waals surface area contributed by atoms with Gasteiger partial charge in [0.05, 0.1) is 12.2 Å². The van der Waals surface area contributed by atoms with Gasteiger partial charge < -0.3 is 15.0 Å². The summed E-state index contributed by atoms with van der Waals surface area (Å²) in [5.74, 6) is -0.0229. The number of amides is 2. The predicted molar refractivity (Wildman–Crippen MR) is 119 cm³/mol. The molecule has 0 bridgehead atoms. The maximum absolute atomic E-state index is 12.3. The van der Waals surface area contributed by atoms with E-state index < -0.39 is 0 Å². The van der Waals surface area contributed by atoms with Crippen LogP contribution in [0, 0.1) is 17.2 Å². The molecule has 0 spiro atoms. The van der Waals surface area contributed by atoms with E-state index in [4.69, 9.17) is 4.74 Å². The number of hydrogen-bond acceptors (Lipinski definition) is 6. The van der Waals surface area contributed by atoms with Crippen molar-refractivity contribution < 1.29 is 14.3 Å². The lowest BCUT2D eigenvalue weighted by molar-refractivity contribution is -0.111. The van der Waals surface area contributed by atoms with Gasteiger partial charge in [-0.15, -0.1) is 11.3 Å². The first-order valence-electron chi connectivity index (χ1n) is 9.76. The third-order valence-corrected chi connectivity index (χ3v) is 7.08. The normalized spacial score (nSPS) is 17.7. The molecule has 6 nitrogen and oxygen atoms in total. The number of nitrogens with zero attached hydrogens (tertiary/aromatic N) is 2. The Hall–Kier alpha value is -2.89. The Bertz CT molecular complexity index is 1020. The molecule has 2 aliphatic rings. The van der Waals surface area contributed by atoms with Crippen LogP contribution in [0.5, 0.6) is 0 Å². The average molecular weight is 440 g/mol. The lowest BCUT2D eigenvalue weighted by Gasteiger charge is -2.23. The smallest absolute Gasteiger partial charge is 0.410 e. The Morgan fingerprint density at radius 1 is 1.37 bits per heavy atom. The van der Waals surface area contributed by atoms with Crippen LogP contribution < -0.4 is 5.32 Å². The highest BCUT2D eigenvalue weighted by Gasteiger charge is 2.27. The molecule has 2 aromatic heterocycles. The van der Waals surface area contributed by atoms with E-state index >= 15 is 0 Å². The number of ether oxygens (including phenoxy) is 1. The fourth-order valence-corrected chi connectivity index (χ4v) is 5.55. The van der Waals surface area contributed by atoms with Gasteiger partial charge in [-0.2, -0.15) is 16.6 Å². The molecule has 0 fully saturated rings. The van der Waals surface area contributed by atoms with Crippen molar-refractivity contribution in [3.8, 4) is 6.07 Å². The second-order valence-electron chi connectivity index (χ2n) is 7.26. The number of rotatable bonds is 5. The van der Waals surface area contributed by atoms with Crippen LogP contribution in [0.15, 0.2) is 35.1 Å². The molecule has 3 heterocycles. The Morgan fingerprint density at radius 3 is 2.93 bits per heavy atom. The number of nitriles is 1. The van der Waals surface area contributed by atoms with Crippen LogP contribution in [0.4, 0.5) is 9.80 Å². The molecular formula is C22H21N3O3S2. The number of fused-ring (bicyclic) bond motifs is 1. The van der Waals surface area contributed by atoms with Crippen molar-refractivity contribution in [3.05, 3.63) is 56.6 Å². The summed E-state index contributed by atoms with van der Waals surface area (Å²) in [6, 6.07) is 4.19. The van der Waals surface area contributed by atoms with Crippen molar-refractivity contribution in [1.82, 2.24) is 4.90 Å². The van der Waals surface area contributed by atoms with E-state index in [9.17, 15) is 14.9 Å². The molecule has 0 aromatic carbocycles. The van der Waals surface area contributed by atoms with Crippen molar-refractivity contribution >= 4 is 45.8 Å². The van der Waals surface area contributed by atoms with Gasteiger partial charge >= 0.3 is 6.09 Å². The van der Waals surface area contributed by atoms with Gasteiger partial charge in [0.25, 0.3) is 0 Å². The number of carbonyl (C=O) groups is 2. The monoisotopic (exact) mass is 439 g/mol. The first-order chi connectivity index (χ1) is 14.6. The molecule has 0 saturated heterocycles. The maximum Gasteiger partial charge on any atom is 0.410 e. The maximum atomic E-state index is 12.3. The standard InChI is InChI=1S/C22H21N3O3S2/c23-12-18-17-5-3-16(13-28-22(27)25-8-1-2-9-25)11-19(17)30-21(18)24-20(26)6-4-15-7-10-29-14-15/h1-2,4,6-7,10,14,16H,3,5,8-9,11,13H2,(H,24,26)/b6-4+. The Balaban J connectivity index is 1.37. The van der Waals surface area contributed by atoms with Gasteiger partial charge in [0.1, 0.15) is 11.1 Å². The first-order valence-corrected chi connectivity index (χ1v) is 11.5. The minimum Gasteiger partial charge on any atom is -0.449 e.